The van der Waals surface area contributed by atoms with Crippen LogP contribution >= 0.6 is 15.9 Å². The Morgan fingerprint density at radius 2 is 1.55 bits per heavy atom. The Morgan fingerprint density at radius 1 is 0.966 bits per heavy atom. The zero-order valence-corrected chi connectivity index (χ0v) is 16.8. The third kappa shape index (κ3) is 4.44. The largest absolute Gasteiger partial charge is 0.471 e. The van der Waals surface area contributed by atoms with Crippen molar-refractivity contribution in [3.8, 4) is 0 Å². The molecule has 0 aromatic heterocycles. The number of imide groups is 1. The molecule has 4 amide bonds. The van der Waals surface area contributed by atoms with E-state index in [0.717, 1.165) is 4.90 Å². The van der Waals surface area contributed by atoms with Gasteiger partial charge in [-0.05, 0) is 24.6 Å². The molecule has 1 saturated heterocycles. The Balaban J connectivity index is 1.47. The van der Waals surface area contributed by atoms with Crippen molar-refractivity contribution in [1.29, 1.82) is 0 Å². The molecular weight excluding hydrogens is 459 g/mol. The lowest BCUT2D eigenvalue weighted by Gasteiger charge is -2.35. The number of rotatable bonds is 4. The Labute approximate surface area is 172 Å². The lowest BCUT2D eigenvalue weighted by Crippen LogP contribution is -2.53. The van der Waals surface area contributed by atoms with E-state index in [1.54, 1.807) is 18.2 Å². The lowest BCUT2D eigenvalue weighted by atomic mass is 10.1. The number of carbonyl (C=O) groups excluding carboxylic acids is 4. The first-order valence-electron chi connectivity index (χ1n) is 8.89. The summed E-state index contributed by atoms with van der Waals surface area (Å²) in [5, 5.41) is 0. The monoisotopic (exact) mass is 475 g/mol. The highest BCUT2D eigenvalue weighted by atomic mass is 79.9. The minimum atomic E-state index is -4.92. The average molecular weight is 476 g/mol. The number of fused-ring (bicyclic) bond motifs is 1. The van der Waals surface area contributed by atoms with Gasteiger partial charge in [0.25, 0.3) is 11.8 Å². The first-order chi connectivity index (χ1) is 13.6. The molecule has 1 aromatic rings. The highest BCUT2D eigenvalue weighted by Gasteiger charge is 2.43. The van der Waals surface area contributed by atoms with Crippen LogP contribution in [0.2, 0.25) is 0 Å². The van der Waals surface area contributed by atoms with Gasteiger partial charge in [0.05, 0.1) is 11.1 Å². The standard InChI is InChI=1S/C18H17BrF3N3O4/c19-11-3-4-12-13(10-11)16(28)25(15(12)27)5-1-2-14(26)23-6-8-24(9-7-23)17(29)18(20,21)22/h3-4,10H,1-2,5-9H2. The van der Waals surface area contributed by atoms with Gasteiger partial charge in [0, 0.05) is 43.6 Å². The molecule has 0 unspecified atom stereocenters. The van der Waals surface area contributed by atoms with Gasteiger partial charge < -0.3 is 9.80 Å². The van der Waals surface area contributed by atoms with E-state index in [0.29, 0.717) is 20.5 Å². The second kappa shape index (κ2) is 8.13. The number of hydrogen-bond acceptors (Lipinski definition) is 4. The summed E-state index contributed by atoms with van der Waals surface area (Å²) in [5.41, 5.74) is 0.621. The van der Waals surface area contributed by atoms with Crippen molar-refractivity contribution in [3.05, 3.63) is 33.8 Å². The Hall–Kier alpha value is -2.43. The molecule has 2 aliphatic heterocycles. The maximum absolute atomic E-state index is 12.5. The smallest absolute Gasteiger partial charge is 0.339 e. The number of nitrogens with zero attached hydrogens (tertiary/aromatic N) is 3. The number of hydrogen-bond donors (Lipinski definition) is 0. The third-order valence-electron chi connectivity index (χ3n) is 4.87. The third-order valence-corrected chi connectivity index (χ3v) is 5.36. The summed E-state index contributed by atoms with van der Waals surface area (Å²) in [6, 6.07) is 4.80. The summed E-state index contributed by atoms with van der Waals surface area (Å²) in [7, 11) is 0. The number of amides is 4. The average Bonchev–Trinajstić information content (AvgIpc) is 2.91. The topological polar surface area (TPSA) is 78.0 Å². The molecule has 29 heavy (non-hydrogen) atoms. The number of carbonyl (C=O) groups is 4. The first kappa shape index (κ1) is 21.3. The van der Waals surface area contributed by atoms with Gasteiger partial charge in [-0.15, -0.1) is 0 Å². The van der Waals surface area contributed by atoms with Crippen LogP contribution in [-0.2, 0) is 9.59 Å². The predicted molar refractivity (Wildman–Crippen MR) is 98.0 cm³/mol. The van der Waals surface area contributed by atoms with E-state index in [-0.39, 0.29) is 51.5 Å². The summed E-state index contributed by atoms with van der Waals surface area (Å²) >= 11 is 3.25. The molecule has 0 atom stereocenters. The van der Waals surface area contributed by atoms with Crippen molar-refractivity contribution < 1.29 is 32.3 Å². The van der Waals surface area contributed by atoms with Gasteiger partial charge in [-0.1, -0.05) is 15.9 Å². The summed E-state index contributed by atoms with van der Waals surface area (Å²) in [6.07, 6.45) is -4.63. The lowest BCUT2D eigenvalue weighted by molar-refractivity contribution is -0.187. The number of benzene rings is 1. The molecule has 7 nitrogen and oxygen atoms in total. The molecule has 1 aromatic carbocycles. The number of alkyl halides is 3. The van der Waals surface area contributed by atoms with E-state index in [9.17, 15) is 32.3 Å². The van der Waals surface area contributed by atoms with Crippen LogP contribution in [0.1, 0.15) is 33.6 Å². The summed E-state index contributed by atoms with van der Waals surface area (Å²) in [6.45, 7) is -0.264. The molecule has 0 saturated carbocycles. The predicted octanol–water partition coefficient (Wildman–Crippen LogP) is 2.06. The van der Waals surface area contributed by atoms with Crippen LogP contribution in [0.4, 0.5) is 13.2 Å². The normalized spacial score (nSPS) is 17.0. The van der Waals surface area contributed by atoms with Gasteiger partial charge in [-0.25, -0.2) is 0 Å². The van der Waals surface area contributed by atoms with E-state index in [4.69, 9.17) is 0 Å². The van der Waals surface area contributed by atoms with E-state index < -0.39 is 23.9 Å². The molecule has 0 spiro atoms. The van der Waals surface area contributed by atoms with Crippen molar-refractivity contribution in [2.24, 2.45) is 0 Å². The SMILES string of the molecule is O=C(CCCN1C(=O)c2ccc(Br)cc2C1=O)N1CCN(C(=O)C(F)(F)F)CC1. The Kier molecular flexibility index (Phi) is 5.97. The Morgan fingerprint density at radius 3 is 2.17 bits per heavy atom. The van der Waals surface area contributed by atoms with Crippen LogP contribution in [0, 0.1) is 0 Å². The fraction of sp³-hybridized carbons (Fsp3) is 0.444. The zero-order chi connectivity index (χ0) is 21.3. The number of piperazine rings is 1. The van der Waals surface area contributed by atoms with Crippen LogP contribution in [0.5, 0.6) is 0 Å². The van der Waals surface area contributed by atoms with Gasteiger partial charge in [0.15, 0.2) is 0 Å². The maximum Gasteiger partial charge on any atom is 0.471 e. The molecule has 0 radical (unpaired) electrons. The molecule has 0 aliphatic carbocycles. The molecule has 0 N–H and O–H groups in total. The molecule has 0 bridgehead atoms. The molecule has 2 heterocycles. The van der Waals surface area contributed by atoms with Gasteiger partial charge in [-0.2, -0.15) is 13.2 Å². The minimum absolute atomic E-state index is 0.0156. The molecular formula is C18H17BrF3N3O4. The maximum atomic E-state index is 12.5. The van der Waals surface area contributed by atoms with Crippen LogP contribution < -0.4 is 0 Å². The fourth-order valence-electron chi connectivity index (χ4n) is 3.35. The molecule has 2 aliphatic rings. The zero-order valence-electron chi connectivity index (χ0n) is 15.2. The molecule has 1 fully saturated rings. The first-order valence-corrected chi connectivity index (χ1v) is 9.68. The second-order valence-corrected chi connectivity index (χ2v) is 7.64. The molecule has 3 rings (SSSR count). The summed E-state index contributed by atoms with van der Waals surface area (Å²) in [4.78, 5) is 51.4. The summed E-state index contributed by atoms with van der Waals surface area (Å²) < 4.78 is 38.0. The van der Waals surface area contributed by atoms with Crippen molar-refractivity contribution in [3.63, 3.8) is 0 Å². The van der Waals surface area contributed by atoms with E-state index in [2.05, 4.69) is 15.9 Å². The van der Waals surface area contributed by atoms with E-state index in [1.165, 1.54) is 4.90 Å². The highest BCUT2D eigenvalue weighted by Crippen LogP contribution is 2.26. The highest BCUT2D eigenvalue weighted by molar-refractivity contribution is 9.10. The Bertz CT molecular complexity index is 866. The van der Waals surface area contributed by atoms with Crippen molar-refractivity contribution in [2.75, 3.05) is 32.7 Å². The van der Waals surface area contributed by atoms with Crippen molar-refractivity contribution in [1.82, 2.24) is 14.7 Å². The minimum Gasteiger partial charge on any atom is -0.339 e. The van der Waals surface area contributed by atoms with Crippen molar-refractivity contribution in [2.45, 2.75) is 19.0 Å². The van der Waals surface area contributed by atoms with E-state index in [1.807, 2.05) is 0 Å². The fourth-order valence-corrected chi connectivity index (χ4v) is 3.71. The second-order valence-electron chi connectivity index (χ2n) is 6.73. The van der Waals surface area contributed by atoms with Crippen LogP contribution in [-0.4, -0.2) is 77.2 Å². The molecule has 156 valence electrons. The van der Waals surface area contributed by atoms with E-state index >= 15 is 0 Å². The summed E-state index contributed by atoms with van der Waals surface area (Å²) in [5.74, 6) is -3.02. The molecule has 11 heteroatoms. The quantitative estimate of drug-likeness (QED) is 0.624. The van der Waals surface area contributed by atoms with Crippen molar-refractivity contribution >= 4 is 39.6 Å². The van der Waals surface area contributed by atoms with Gasteiger partial charge >= 0.3 is 12.1 Å². The van der Waals surface area contributed by atoms with Crippen LogP contribution in [0.3, 0.4) is 0 Å². The number of halogens is 4. The van der Waals surface area contributed by atoms with Gasteiger partial charge in [-0.3, -0.25) is 24.1 Å². The van der Waals surface area contributed by atoms with Gasteiger partial charge in [0.1, 0.15) is 0 Å². The van der Waals surface area contributed by atoms with Crippen LogP contribution in [0.15, 0.2) is 22.7 Å². The van der Waals surface area contributed by atoms with Gasteiger partial charge in [0.2, 0.25) is 5.91 Å². The van der Waals surface area contributed by atoms with Crippen LogP contribution in [0.25, 0.3) is 0 Å².